The molecule has 0 unspecified atom stereocenters. The predicted molar refractivity (Wildman–Crippen MR) is 79.3 cm³/mol. The Balaban J connectivity index is 2.14. The summed E-state index contributed by atoms with van der Waals surface area (Å²) in [4.78, 5) is 31.4. The van der Waals surface area contributed by atoms with Crippen LogP contribution in [-0.4, -0.2) is 45.7 Å². The SMILES string of the molecule is CC(C)N1CCN(Cc2nc(NN)ccc2Cl)C(=O)C1=O. The largest absolute Gasteiger partial charge is 0.330 e. The summed E-state index contributed by atoms with van der Waals surface area (Å²) in [7, 11) is 0. The normalized spacial score (nSPS) is 15.9. The summed E-state index contributed by atoms with van der Waals surface area (Å²) in [6.07, 6.45) is 0. The molecule has 1 fully saturated rings. The summed E-state index contributed by atoms with van der Waals surface area (Å²) < 4.78 is 0. The van der Waals surface area contributed by atoms with Crippen molar-refractivity contribution in [2.45, 2.75) is 26.4 Å². The Morgan fingerprint density at radius 3 is 2.67 bits per heavy atom. The Bertz CT molecular complexity index is 563. The van der Waals surface area contributed by atoms with Crippen molar-refractivity contribution >= 4 is 29.2 Å². The fourth-order valence-corrected chi connectivity index (χ4v) is 2.35. The number of nitrogens with two attached hydrogens (primary N) is 1. The Morgan fingerprint density at radius 1 is 1.33 bits per heavy atom. The number of hydrogen-bond acceptors (Lipinski definition) is 5. The van der Waals surface area contributed by atoms with Gasteiger partial charge in [0.15, 0.2) is 0 Å². The monoisotopic (exact) mass is 311 g/mol. The van der Waals surface area contributed by atoms with E-state index in [-0.39, 0.29) is 12.6 Å². The summed E-state index contributed by atoms with van der Waals surface area (Å²) in [6.45, 7) is 4.92. The molecule has 0 atom stereocenters. The zero-order valence-electron chi connectivity index (χ0n) is 12.0. The van der Waals surface area contributed by atoms with Crippen LogP contribution in [0.5, 0.6) is 0 Å². The van der Waals surface area contributed by atoms with E-state index < -0.39 is 11.8 Å². The van der Waals surface area contributed by atoms with Gasteiger partial charge >= 0.3 is 11.8 Å². The Kier molecular flexibility index (Phi) is 4.64. The van der Waals surface area contributed by atoms with Gasteiger partial charge in [0.1, 0.15) is 5.82 Å². The minimum Gasteiger partial charge on any atom is -0.330 e. The number of nitrogens with zero attached hydrogens (tertiary/aromatic N) is 3. The molecule has 0 bridgehead atoms. The van der Waals surface area contributed by atoms with Crippen molar-refractivity contribution in [3.05, 3.63) is 22.8 Å². The van der Waals surface area contributed by atoms with Gasteiger partial charge in [-0.15, -0.1) is 0 Å². The van der Waals surface area contributed by atoms with Crippen molar-refractivity contribution in [3.63, 3.8) is 0 Å². The highest BCUT2D eigenvalue weighted by Gasteiger charge is 2.34. The van der Waals surface area contributed by atoms with Gasteiger partial charge in [-0.3, -0.25) is 9.59 Å². The van der Waals surface area contributed by atoms with Crippen LogP contribution >= 0.6 is 11.6 Å². The zero-order chi connectivity index (χ0) is 15.6. The number of pyridine rings is 1. The molecule has 7 nitrogen and oxygen atoms in total. The summed E-state index contributed by atoms with van der Waals surface area (Å²) in [5.41, 5.74) is 2.93. The molecule has 0 aromatic carbocycles. The lowest BCUT2D eigenvalue weighted by Crippen LogP contribution is -2.55. The first-order valence-electron chi connectivity index (χ1n) is 6.66. The zero-order valence-corrected chi connectivity index (χ0v) is 12.7. The number of nitrogens with one attached hydrogen (secondary N) is 1. The number of anilines is 1. The maximum atomic E-state index is 12.1. The number of halogens is 1. The first-order valence-corrected chi connectivity index (χ1v) is 7.03. The van der Waals surface area contributed by atoms with E-state index in [1.54, 1.807) is 17.0 Å². The number of hydrazine groups is 1. The van der Waals surface area contributed by atoms with Crippen molar-refractivity contribution < 1.29 is 9.59 Å². The molecule has 1 aliphatic heterocycles. The Hall–Kier alpha value is -1.86. The molecule has 3 N–H and O–H groups in total. The second-order valence-corrected chi connectivity index (χ2v) is 5.50. The third-order valence-corrected chi connectivity index (χ3v) is 3.72. The van der Waals surface area contributed by atoms with Crippen LogP contribution in [0.2, 0.25) is 5.02 Å². The molecule has 114 valence electrons. The van der Waals surface area contributed by atoms with Gasteiger partial charge in [-0.25, -0.2) is 10.8 Å². The molecular weight excluding hydrogens is 294 g/mol. The fourth-order valence-electron chi connectivity index (χ4n) is 2.19. The highest BCUT2D eigenvalue weighted by atomic mass is 35.5. The maximum absolute atomic E-state index is 12.1. The summed E-state index contributed by atoms with van der Waals surface area (Å²) in [5.74, 6) is 4.74. The van der Waals surface area contributed by atoms with E-state index in [1.807, 2.05) is 13.8 Å². The van der Waals surface area contributed by atoms with E-state index in [4.69, 9.17) is 17.4 Å². The van der Waals surface area contributed by atoms with E-state index in [2.05, 4.69) is 10.4 Å². The molecule has 0 aliphatic carbocycles. The van der Waals surface area contributed by atoms with Crippen LogP contribution in [0.15, 0.2) is 12.1 Å². The number of aromatic nitrogens is 1. The summed E-state index contributed by atoms with van der Waals surface area (Å²) in [6, 6.07) is 3.29. The van der Waals surface area contributed by atoms with Crippen LogP contribution in [0.25, 0.3) is 0 Å². The van der Waals surface area contributed by atoms with E-state index >= 15 is 0 Å². The van der Waals surface area contributed by atoms with Crippen molar-refractivity contribution in [2.24, 2.45) is 5.84 Å². The van der Waals surface area contributed by atoms with Gasteiger partial charge in [0, 0.05) is 19.1 Å². The van der Waals surface area contributed by atoms with Crippen molar-refractivity contribution in [2.75, 3.05) is 18.5 Å². The Morgan fingerprint density at radius 2 is 2.05 bits per heavy atom. The second-order valence-electron chi connectivity index (χ2n) is 5.09. The van der Waals surface area contributed by atoms with Gasteiger partial charge < -0.3 is 15.2 Å². The highest BCUT2D eigenvalue weighted by molar-refractivity contribution is 6.35. The number of piperazine rings is 1. The molecule has 2 heterocycles. The first kappa shape index (κ1) is 15.5. The van der Waals surface area contributed by atoms with Crippen LogP contribution in [0.4, 0.5) is 5.82 Å². The molecule has 0 spiro atoms. The van der Waals surface area contributed by atoms with Gasteiger partial charge in [0.2, 0.25) is 0 Å². The lowest BCUT2D eigenvalue weighted by atomic mass is 10.2. The van der Waals surface area contributed by atoms with Crippen LogP contribution in [0.1, 0.15) is 19.5 Å². The highest BCUT2D eigenvalue weighted by Crippen LogP contribution is 2.19. The molecule has 0 radical (unpaired) electrons. The summed E-state index contributed by atoms with van der Waals surface area (Å²) >= 11 is 6.07. The van der Waals surface area contributed by atoms with E-state index in [9.17, 15) is 9.59 Å². The van der Waals surface area contributed by atoms with Crippen LogP contribution in [0, 0.1) is 0 Å². The van der Waals surface area contributed by atoms with Crippen LogP contribution in [-0.2, 0) is 16.1 Å². The lowest BCUT2D eigenvalue weighted by molar-refractivity contribution is -0.157. The molecular formula is C13H18ClN5O2. The van der Waals surface area contributed by atoms with E-state index in [1.165, 1.54) is 4.90 Å². The third-order valence-electron chi connectivity index (χ3n) is 3.37. The molecule has 2 rings (SSSR count). The van der Waals surface area contributed by atoms with E-state index in [0.717, 1.165) is 0 Å². The van der Waals surface area contributed by atoms with Gasteiger partial charge in [-0.05, 0) is 26.0 Å². The molecule has 0 saturated carbocycles. The average molecular weight is 312 g/mol. The van der Waals surface area contributed by atoms with Gasteiger partial charge in [0.05, 0.1) is 17.3 Å². The number of carbonyl (C=O) groups excluding carboxylic acids is 2. The van der Waals surface area contributed by atoms with Crippen LogP contribution in [0.3, 0.4) is 0 Å². The fraction of sp³-hybridized carbons (Fsp3) is 0.462. The van der Waals surface area contributed by atoms with Gasteiger partial charge in [-0.2, -0.15) is 0 Å². The van der Waals surface area contributed by atoms with Crippen molar-refractivity contribution in [1.29, 1.82) is 0 Å². The van der Waals surface area contributed by atoms with Crippen LogP contribution < -0.4 is 11.3 Å². The topological polar surface area (TPSA) is 91.6 Å². The second kappa shape index (κ2) is 6.28. The number of carbonyl (C=O) groups is 2. The molecule has 1 aromatic rings. The average Bonchev–Trinajstić information content (AvgIpc) is 2.45. The third kappa shape index (κ3) is 3.25. The molecule has 8 heteroatoms. The molecule has 2 amide bonds. The number of nitrogen functional groups attached to an aromatic ring is 1. The van der Waals surface area contributed by atoms with Gasteiger partial charge in [0.25, 0.3) is 0 Å². The molecule has 1 saturated heterocycles. The predicted octanol–water partition coefficient (Wildman–Crippen LogP) is 0.600. The minimum atomic E-state index is -0.529. The van der Waals surface area contributed by atoms with Crippen molar-refractivity contribution in [3.8, 4) is 0 Å². The maximum Gasteiger partial charge on any atom is 0.312 e. The molecule has 1 aromatic heterocycles. The molecule has 1 aliphatic rings. The lowest BCUT2D eigenvalue weighted by Gasteiger charge is -2.35. The smallest absolute Gasteiger partial charge is 0.312 e. The van der Waals surface area contributed by atoms with Crippen molar-refractivity contribution in [1.82, 2.24) is 14.8 Å². The van der Waals surface area contributed by atoms with Gasteiger partial charge in [-0.1, -0.05) is 11.6 Å². The quantitative estimate of drug-likeness (QED) is 0.483. The number of hydrogen-bond donors (Lipinski definition) is 2. The molecule has 21 heavy (non-hydrogen) atoms. The number of rotatable bonds is 4. The standard InChI is InChI=1S/C13H18ClN5O2/c1-8(2)19-6-5-18(12(20)13(19)21)7-10-9(14)3-4-11(16-10)17-15/h3-4,8H,5-7,15H2,1-2H3,(H,16,17). The Labute approximate surface area is 128 Å². The number of amides is 2. The summed E-state index contributed by atoms with van der Waals surface area (Å²) in [5, 5.41) is 0.431. The minimum absolute atomic E-state index is 0.00933. The van der Waals surface area contributed by atoms with E-state index in [0.29, 0.717) is 29.6 Å². The first-order chi connectivity index (χ1) is 9.93.